The SMILES string of the molecule is CCOC(=O)C1CCC(C)(F)CC1.F. The molecule has 0 radical (unpaired) electrons. The summed E-state index contributed by atoms with van der Waals surface area (Å²) in [5, 5.41) is 0. The van der Waals surface area contributed by atoms with Gasteiger partial charge in [0.2, 0.25) is 0 Å². The number of rotatable bonds is 2. The van der Waals surface area contributed by atoms with Crippen molar-refractivity contribution >= 4 is 5.97 Å². The van der Waals surface area contributed by atoms with Crippen molar-refractivity contribution in [2.24, 2.45) is 5.92 Å². The van der Waals surface area contributed by atoms with Crippen LogP contribution in [0.4, 0.5) is 9.09 Å². The van der Waals surface area contributed by atoms with Crippen LogP contribution in [0, 0.1) is 5.92 Å². The Morgan fingerprint density at radius 1 is 1.50 bits per heavy atom. The van der Waals surface area contributed by atoms with Gasteiger partial charge >= 0.3 is 5.97 Å². The smallest absolute Gasteiger partial charge is 0.308 e. The van der Waals surface area contributed by atoms with E-state index in [1.807, 2.05) is 0 Å². The predicted molar refractivity (Wildman–Crippen MR) is 50.6 cm³/mol. The molecule has 0 aromatic heterocycles. The first-order valence-electron chi connectivity index (χ1n) is 4.91. The number of carbonyl (C=O) groups is 1. The number of halogens is 2. The molecule has 4 heteroatoms. The zero-order chi connectivity index (χ0) is 9.90. The normalized spacial score (nSPS) is 31.8. The summed E-state index contributed by atoms with van der Waals surface area (Å²) in [6, 6.07) is 0. The molecule has 0 atom stereocenters. The van der Waals surface area contributed by atoms with E-state index in [0.717, 1.165) is 0 Å². The average molecular weight is 208 g/mol. The van der Waals surface area contributed by atoms with E-state index in [1.165, 1.54) is 0 Å². The summed E-state index contributed by atoms with van der Waals surface area (Å²) in [5.74, 6) is -0.221. The molecule has 0 unspecified atom stereocenters. The first kappa shape index (κ1) is 13.3. The van der Waals surface area contributed by atoms with Crippen LogP contribution in [0.5, 0.6) is 0 Å². The summed E-state index contributed by atoms with van der Waals surface area (Å²) in [6.45, 7) is 3.82. The minimum atomic E-state index is -1.07. The molecule has 14 heavy (non-hydrogen) atoms. The van der Waals surface area contributed by atoms with Gasteiger partial charge in [0.25, 0.3) is 0 Å². The van der Waals surface area contributed by atoms with Crippen molar-refractivity contribution < 1.29 is 18.6 Å². The zero-order valence-electron chi connectivity index (χ0n) is 8.72. The maximum absolute atomic E-state index is 13.3. The Labute approximate surface area is 83.2 Å². The topological polar surface area (TPSA) is 26.3 Å². The highest BCUT2D eigenvalue weighted by Crippen LogP contribution is 2.34. The molecule has 1 aliphatic carbocycles. The molecule has 1 fully saturated rings. The molecule has 0 spiro atoms. The third-order valence-electron chi connectivity index (χ3n) is 2.65. The van der Waals surface area contributed by atoms with Crippen molar-refractivity contribution in [1.82, 2.24) is 0 Å². The minimum Gasteiger partial charge on any atom is -0.466 e. The van der Waals surface area contributed by atoms with E-state index in [1.54, 1.807) is 13.8 Å². The van der Waals surface area contributed by atoms with E-state index in [0.29, 0.717) is 32.3 Å². The van der Waals surface area contributed by atoms with Crippen molar-refractivity contribution in [2.45, 2.75) is 45.2 Å². The van der Waals surface area contributed by atoms with Crippen LogP contribution in [0.2, 0.25) is 0 Å². The predicted octanol–water partition coefficient (Wildman–Crippen LogP) is 2.62. The van der Waals surface area contributed by atoms with E-state index in [2.05, 4.69) is 0 Å². The number of alkyl halides is 1. The van der Waals surface area contributed by atoms with Crippen LogP contribution in [-0.2, 0) is 9.53 Å². The first-order chi connectivity index (χ1) is 6.05. The van der Waals surface area contributed by atoms with Crippen molar-refractivity contribution in [3.63, 3.8) is 0 Å². The first-order valence-corrected chi connectivity index (χ1v) is 4.91. The van der Waals surface area contributed by atoms with Crippen LogP contribution < -0.4 is 0 Å². The van der Waals surface area contributed by atoms with Gasteiger partial charge in [-0.1, -0.05) is 0 Å². The summed E-state index contributed by atoms with van der Waals surface area (Å²) in [4.78, 5) is 11.3. The number of carbonyl (C=O) groups excluding carboxylic acids is 1. The monoisotopic (exact) mass is 208 g/mol. The Balaban J connectivity index is 0.00000169. The Bertz CT molecular complexity index is 183. The number of hydrogen-bond acceptors (Lipinski definition) is 2. The van der Waals surface area contributed by atoms with E-state index < -0.39 is 5.67 Å². The number of hydrogen-bond donors (Lipinski definition) is 0. The summed E-state index contributed by atoms with van der Waals surface area (Å²) < 4.78 is 18.2. The average Bonchev–Trinajstić information content (AvgIpc) is 2.04. The quantitative estimate of drug-likeness (QED) is 0.652. The van der Waals surface area contributed by atoms with Gasteiger partial charge in [0, 0.05) is 0 Å². The lowest BCUT2D eigenvalue weighted by molar-refractivity contribution is -0.150. The highest BCUT2D eigenvalue weighted by molar-refractivity contribution is 5.72. The molecule has 1 saturated carbocycles. The second-order valence-electron chi connectivity index (χ2n) is 3.94. The lowest BCUT2D eigenvalue weighted by Gasteiger charge is -2.29. The van der Waals surface area contributed by atoms with Crippen LogP contribution in [0.15, 0.2) is 0 Å². The fourth-order valence-corrected chi connectivity index (χ4v) is 1.72. The Hall–Kier alpha value is -0.670. The number of ether oxygens (including phenoxy) is 1. The van der Waals surface area contributed by atoms with Crippen LogP contribution in [0.3, 0.4) is 0 Å². The van der Waals surface area contributed by atoms with Gasteiger partial charge in [-0.3, -0.25) is 9.50 Å². The third kappa shape index (κ3) is 3.60. The van der Waals surface area contributed by atoms with Gasteiger partial charge in [-0.05, 0) is 39.5 Å². The summed E-state index contributed by atoms with van der Waals surface area (Å²) >= 11 is 0. The molecule has 0 aromatic rings. The molecule has 0 aromatic carbocycles. The number of esters is 1. The highest BCUT2D eigenvalue weighted by Gasteiger charge is 2.34. The van der Waals surface area contributed by atoms with Gasteiger partial charge in [0.05, 0.1) is 12.5 Å². The third-order valence-corrected chi connectivity index (χ3v) is 2.65. The Morgan fingerprint density at radius 2 is 2.00 bits per heavy atom. The fourth-order valence-electron chi connectivity index (χ4n) is 1.72. The Kier molecular flexibility index (Phi) is 5.02. The lowest BCUT2D eigenvalue weighted by Crippen LogP contribution is -2.30. The van der Waals surface area contributed by atoms with Gasteiger partial charge < -0.3 is 4.74 Å². The molecule has 0 bridgehead atoms. The van der Waals surface area contributed by atoms with Crippen molar-refractivity contribution in [3.8, 4) is 0 Å². The van der Waals surface area contributed by atoms with Crippen molar-refractivity contribution in [3.05, 3.63) is 0 Å². The Morgan fingerprint density at radius 3 is 2.43 bits per heavy atom. The molecule has 0 heterocycles. The van der Waals surface area contributed by atoms with Gasteiger partial charge in [0.1, 0.15) is 5.67 Å². The van der Waals surface area contributed by atoms with Crippen LogP contribution in [-0.4, -0.2) is 18.2 Å². The summed E-state index contributed by atoms with van der Waals surface area (Å²) in [6.07, 6.45) is 2.23. The molecule has 0 saturated heterocycles. The molecule has 84 valence electrons. The van der Waals surface area contributed by atoms with E-state index >= 15 is 0 Å². The minimum absolute atomic E-state index is 0. The molecule has 0 amide bonds. The molecule has 1 rings (SSSR count). The fraction of sp³-hybridized carbons (Fsp3) is 0.900. The lowest BCUT2D eigenvalue weighted by atomic mass is 9.81. The molecule has 1 aliphatic rings. The molecular weight excluding hydrogens is 190 g/mol. The second-order valence-corrected chi connectivity index (χ2v) is 3.94. The van der Waals surface area contributed by atoms with Crippen LogP contribution in [0.25, 0.3) is 0 Å². The largest absolute Gasteiger partial charge is 0.466 e. The molecule has 0 N–H and O–H groups in total. The zero-order valence-corrected chi connectivity index (χ0v) is 8.72. The molecule has 0 aliphatic heterocycles. The second kappa shape index (κ2) is 5.27. The van der Waals surface area contributed by atoms with Gasteiger partial charge in [-0.25, -0.2) is 4.39 Å². The van der Waals surface area contributed by atoms with Crippen LogP contribution >= 0.6 is 0 Å². The van der Waals surface area contributed by atoms with E-state index in [-0.39, 0.29) is 16.6 Å². The summed E-state index contributed by atoms with van der Waals surface area (Å²) in [5.41, 5.74) is -1.07. The maximum Gasteiger partial charge on any atom is 0.308 e. The van der Waals surface area contributed by atoms with Gasteiger partial charge in [-0.15, -0.1) is 0 Å². The van der Waals surface area contributed by atoms with Gasteiger partial charge in [-0.2, -0.15) is 0 Å². The highest BCUT2D eigenvalue weighted by atomic mass is 19.1. The van der Waals surface area contributed by atoms with Gasteiger partial charge in [0.15, 0.2) is 0 Å². The summed E-state index contributed by atoms with van der Waals surface area (Å²) in [7, 11) is 0. The maximum atomic E-state index is 13.3. The standard InChI is InChI=1S/C10H17FO2.FH/c1-3-13-9(12)8-4-6-10(2,11)7-5-8;/h8H,3-7H2,1-2H3;1H. The van der Waals surface area contributed by atoms with Crippen LogP contribution in [0.1, 0.15) is 39.5 Å². The molecular formula is C10H18F2O2. The van der Waals surface area contributed by atoms with Crippen molar-refractivity contribution in [2.75, 3.05) is 6.61 Å². The molecule has 2 nitrogen and oxygen atoms in total. The van der Waals surface area contributed by atoms with E-state index in [9.17, 15) is 9.18 Å². The van der Waals surface area contributed by atoms with E-state index in [4.69, 9.17) is 4.74 Å². The van der Waals surface area contributed by atoms with Crippen molar-refractivity contribution in [1.29, 1.82) is 0 Å².